The Morgan fingerprint density at radius 2 is 2.18 bits per heavy atom. The third-order valence-corrected chi connectivity index (χ3v) is 5.26. The van der Waals surface area contributed by atoms with Gasteiger partial charge in [-0.25, -0.2) is 4.98 Å². The highest BCUT2D eigenvalue weighted by Gasteiger charge is 2.28. The van der Waals surface area contributed by atoms with E-state index in [2.05, 4.69) is 46.4 Å². The summed E-state index contributed by atoms with van der Waals surface area (Å²) in [5.41, 5.74) is 3.87. The number of nitrogens with one attached hydrogen (secondary N) is 1. The van der Waals surface area contributed by atoms with E-state index in [9.17, 15) is 4.79 Å². The van der Waals surface area contributed by atoms with Crippen LogP contribution < -0.4 is 5.32 Å². The van der Waals surface area contributed by atoms with E-state index < -0.39 is 0 Å². The van der Waals surface area contributed by atoms with E-state index >= 15 is 0 Å². The number of aromatic nitrogens is 1. The number of thiazole rings is 1. The molecule has 0 bridgehead atoms. The predicted molar refractivity (Wildman–Crippen MR) is 89.2 cm³/mol. The molecule has 5 heteroatoms. The van der Waals surface area contributed by atoms with Gasteiger partial charge < -0.3 is 5.32 Å². The van der Waals surface area contributed by atoms with Gasteiger partial charge in [0.05, 0.1) is 11.2 Å². The molecule has 1 aliphatic heterocycles. The number of likely N-dealkylation sites (tertiary alicyclic amines) is 1. The van der Waals surface area contributed by atoms with E-state index in [1.54, 1.807) is 5.51 Å². The molecule has 0 aliphatic carbocycles. The van der Waals surface area contributed by atoms with Crippen LogP contribution in [0.5, 0.6) is 0 Å². The third kappa shape index (κ3) is 3.20. The highest BCUT2D eigenvalue weighted by molar-refractivity contribution is 7.11. The van der Waals surface area contributed by atoms with Crippen LogP contribution in [0.25, 0.3) is 0 Å². The van der Waals surface area contributed by atoms with Crippen LogP contribution in [-0.2, 0) is 0 Å². The Balaban J connectivity index is 1.59. The lowest BCUT2D eigenvalue weighted by atomic mass is 10.1. The molecule has 1 aliphatic rings. The Hall–Kier alpha value is -1.72. The fraction of sp³-hybridized carbons (Fsp3) is 0.412. The number of aryl methyl sites for hydroxylation is 1. The number of nitrogens with zero attached hydrogens (tertiary/aromatic N) is 2. The number of rotatable bonds is 4. The molecule has 1 fully saturated rings. The maximum Gasteiger partial charge on any atom is 0.263 e. The van der Waals surface area contributed by atoms with Crippen molar-refractivity contribution in [1.29, 1.82) is 0 Å². The summed E-state index contributed by atoms with van der Waals surface area (Å²) in [4.78, 5) is 19.6. The van der Waals surface area contributed by atoms with Crippen LogP contribution in [0.2, 0.25) is 0 Å². The van der Waals surface area contributed by atoms with Crippen molar-refractivity contribution >= 4 is 17.2 Å². The Bertz CT molecular complexity index is 640. The van der Waals surface area contributed by atoms with Gasteiger partial charge in [-0.15, -0.1) is 11.3 Å². The van der Waals surface area contributed by atoms with Gasteiger partial charge in [-0.05, 0) is 25.8 Å². The fourth-order valence-electron chi connectivity index (χ4n) is 2.97. The van der Waals surface area contributed by atoms with Crippen LogP contribution in [0.3, 0.4) is 0 Å². The first kappa shape index (κ1) is 15.2. The van der Waals surface area contributed by atoms with E-state index in [0.717, 1.165) is 30.1 Å². The zero-order chi connectivity index (χ0) is 15.5. The van der Waals surface area contributed by atoms with Gasteiger partial charge in [-0.2, -0.15) is 0 Å². The number of amides is 1. The Labute approximate surface area is 135 Å². The summed E-state index contributed by atoms with van der Waals surface area (Å²) in [5, 5.41) is 3.15. The van der Waals surface area contributed by atoms with Crippen molar-refractivity contribution in [3.63, 3.8) is 0 Å². The largest absolute Gasteiger partial charge is 0.347 e. The highest BCUT2D eigenvalue weighted by atomic mass is 32.1. The molecule has 4 nitrogen and oxygen atoms in total. The minimum absolute atomic E-state index is 0.0132. The van der Waals surface area contributed by atoms with Gasteiger partial charge in [-0.3, -0.25) is 9.69 Å². The van der Waals surface area contributed by atoms with Gasteiger partial charge in [0.15, 0.2) is 0 Å². The van der Waals surface area contributed by atoms with Crippen molar-refractivity contribution in [3.8, 4) is 0 Å². The van der Waals surface area contributed by atoms with Gasteiger partial charge in [-0.1, -0.05) is 30.3 Å². The van der Waals surface area contributed by atoms with Crippen molar-refractivity contribution in [2.75, 3.05) is 13.1 Å². The molecule has 1 saturated heterocycles. The van der Waals surface area contributed by atoms with Gasteiger partial charge in [0.25, 0.3) is 5.91 Å². The van der Waals surface area contributed by atoms with Crippen molar-refractivity contribution in [2.24, 2.45) is 0 Å². The molecule has 0 saturated carbocycles. The van der Waals surface area contributed by atoms with Crippen LogP contribution in [0.4, 0.5) is 0 Å². The molecule has 1 aromatic heterocycles. The molecule has 3 rings (SSSR count). The number of hydrogen-bond donors (Lipinski definition) is 1. The summed E-state index contributed by atoms with van der Waals surface area (Å²) >= 11 is 1.41. The molecular formula is C17H21N3OS. The van der Waals surface area contributed by atoms with E-state index in [4.69, 9.17) is 0 Å². The lowest BCUT2D eigenvalue weighted by Gasteiger charge is -2.24. The van der Waals surface area contributed by atoms with Crippen molar-refractivity contribution in [3.05, 3.63) is 52.0 Å². The molecule has 0 spiro atoms. The molecule has 2 aromatic rings. The van der Waals surface area contributed by atoms with Crippen LogP contribution >= 0.6 is 11.3 Å². The molecule has 0 radical (unpaired) electrons. The quantitative estimate of drug-likeness (QED) is 0.943. The minimum atomic E-state index is 0.0132. The van der Waals surface area contributed by atoms with Crippen LogP contribution in [0.1, 0.15) is 40.3 Å². The van der Waals surface area contributed by atoms with E-state index in [1.165, 1.54) is 16.9 Å². The number of carbonyl (C=O) groups is 1. The maximum absolute atomic E-state index is 12.3. The lowest BCUT2D eigenvalue weighted by Crippen LogP contribution is -2.37. The molecule has 2 atom stereocenters. The molecule has 116 valence electrons. The average Bonchev–Trinajstić information content (AvgIpc) is 3.16. The van der Waals surface area contributed by atoms with Crippen molar-refractivity contribution < 1.29 is 4.79 Å². The molecule has 22 heavy (non-hydrogen) atoms. The SMILES string of the molecule is Cc1ncsc1C(=O)NC1CCN(C(C)c2ccccc2)C1. The molecular weight excluding hydrogens is 294 g/mol. The number of hydrogen-bond acceptors (Lipinski definition) is 4. The van der Waals surface area contributed by atoms with Gasteiger partial charge >= 0.3 is 0 Å². The summed E-state index contributed by atoms with van der Waals surface area (Å²) in [6.45, 7) is 6.03. The predicted octanol–water partition coefficient (Wildman–Crippen LogP) is 3.02. The second-order valence-corrected chi connectivity index (χ2v) is 6.66. The fourth-order valence-corrected chi connectivity index (χ4v) is 3.68. The van der Waals surface area contributed by atoms with E-state index in [-0.39, 0.29) is 11.9 Å². The second-order valence-electron chi connectivity index (χ2n) is 5.81. The monoisotopic (exact) mass is 315 g/mol. The molecule has 1 aromatic carbocycles. The van der Waals surface area contributed by atoms with Gasteiger partial charge in [0.2, 0.25) is 0 Å². The third-order valence-electron chi connectivity index (χ3n) is 4.34. The van der Waals surface area contributed by atoms with Crippen LogP contribution in [0.15, 0.2) is 35.8 Å². The van der Waals surface area contributed by atoms with Crippen molar-refractivity contribution in [2.45, 2.75) is 32.4 Å². The molecule has 2 heterocycles. The highest BCUT2D eigenvalue weighted by Crippen LogP contribution is 2.24. The summed E-state index contributed by atoms with van der Waals surface area (Å²) in [7, 11) is 0. The number of carbonyl (C=O) groups excluding carboxylic acids is 1. The average molecular weight is 315 g/mol. The topological polar surface area (TPSA) is 45.2 Å². The second kappa shape index (κ2) is 6.58. The zero-order valence-electron chi connectivity index (χ0n) is 13.0. The first-order valence-electron chi connectivity index (χ1n) is 7.65. The van der Waals surface area contributed by atoms with Gasteiger partial charge in [0.1, 0.15) is 4.88 Å². The molecule has 1 N–H and O–H groups in total. The standard InChI is InChI=1S/C17H21N3OS/c1-12-16(22-11-18-12)17(21)19-15-8-9-20(10-15)13(2)14-6-4-3-5-7-14/h3-7,11,13,15H,8-10H2,1-2H3,(H,19,21). The summed E-state index contributed by atoms with van der Waals surface area (Å²) in [6, 6.07) is 11.1. The summed E-state index contributed by atoms with van der Waals surface area (Å²) < 4.78 is 0. The summed E-state index contributed by atoms with van der Waals surface area (Å²) in [5.74, 6) is 0.0132. The Morgan fingerprint density at radius 1 is 1.41 bits per heavy atom. The Morgan fingerprint density at radius 3 is 2.86 bits per heavy atom. The zero-order valence-corrected chi connectivity index (χ0v) is 13.8. The smallest absolute Gasteiger partial charge is 0.263 e. The minimum Gasteiger partial charge on any atom is -0.347 e. The number of benzene rings is 1. The first-order valence-corrected chi connectivity index (χ1v) is 8.53. The van der Waals surface area contributed by atoms with Gasteiger partial charge in [0, 0.05) is 25.2 Å². The lowest BCUT2D eigenvalue weighted by molar-refractivity contribution is 0.0940. The first-order chi connectivity index (χ1) is 10.6. The Kier molecular flexibility index (Phi) is 4.55. The maximum atomic E-state index is 12.3. The van der Waals surface area contributed by atoms with Crippen LogP contribution in [-0.4, -0.2) is 34.9 Å². The summed E-state index contributed by atoms with van der Waals surface area (Å²) in [6.07, 6.45) is 1.00. The molecule has 1 amide bonds. The molecule has 2 unspecified atom stereocenters. The van der Waals surface area contributed by atoms with Crippen molar-refractivity contribution in [1.82, 2.24) is 15.2 Å². The van der Waals surface area contributed by atoms with E-state index in [0.29, 0.717) is 6.04 Å². The van der Waals surface area contributed by atoms with E-state index in [1.807, 2.05) is 13.0 Å². The normalized spacial score (nSPS) is 20.0. The van der Waals surface area contributed by atoms with Crippen LogP contribution in [0, 0.1) is 6.92 Å².